The third-order valence-corrected chi connectivity index (χ3v) is 3.84. The topological polar surface area (TPSA) is 75.9 Å². The van der Waals surface area contributed by atoms with Crippen LogP contribution >= 0.6 is 0 Å². The molecule has 0 atom stereocenters. The molecule has 0 spiro atoms. The highest BCUT2D eigenvalue weighted by atomic mass is 15.3. The molecule has 1 aromatic rings. The average Bonchev–Trinajstić information content (AvgIpc) is 3.17. The van der Waals surface area contributed by atoms with Gasteiger partial charge in [0, 0.05) is 17.5 Å². The van der Waals surface area contributed by atoms with Crippen LogP contribution in [0.5, 0.6) is 0 Å². The highest BCUT2D eigenvalue weighted by Gasteiger charge is 2.38. The van der Waals surface area contributed by atoms with Gasteiger partial charge in [-0.3, -0.25) is 0 Å². The Balaban J connectivity index is 2.29. The molecule has 0 aliphatic heterocycles. The van der Waals surface area contributed by atoms with E-state index in [4.69, 9.17) is 5.84 Å². The van der Waals surface area contributed by atoms with E-state index >= 15 is 0 Å². The third-order valence-electron chi connectivity index (χ3n) is 3.84. The standard InChI is InChI=1S/C14H25N5/c1-5-6-11-16-12(9(2)13(17-11)19-15)18-14(3,4)10-7-8-10/h10H,5-8,15H2,1-4H3,(H2,16,17,18,19). The molecule has 0 radical (unpaired) electrons. The number of aryl methyl sites for hydroxylation is 1. The van der Waals surface area contributed by atoms with Gasteiger partial charge in [0.2, 0.25) is 0 Å². The maximum absolute atomic E-state index is 5.55. The minimum absolute atomic E-state index is 0.0778. The molecule has 1 fully saturated rings. The Bertz CT molecular complexity index is 451. The summed E-state index contributed by atoms with van der Waals surface area (Å²) in [5.41, 5.74) is 3.73. The molecule has 4 N–H and O–H groups in total. The third kappa shape index (κ3) is 3.15. The number of nitrogens with two attached hydrogens (primary N) is 1. The summed E-state index contributed by atoms with van der Waals surface area (Å²) in [5.74, 6) is 8.76. The van der Waals surface area contributed by atoms with E-state index in [2.05, 4.69) is 41.5 Å². The van der Waals surface area contributed by atoms with Crippen molar-refractivity contribution >= 4 is 11.6 Å². The van der Waals surface area contributed by atoms with Crippen molar-refractivity contribution in [2.75, 3.05) is 10.7 Å². The second-order valence-corrected chi connectivity index (χ2v) is 5.98. The molecule has 106 valence electrons. The zero-order valence-electron chi connectivity index (χ0n) is 12.4. The fraction of sp³-hybridized carbons (Fsp3) is 0.714. The predicted octanol–water partition coefficient (Wildman–Crippen LogP) is 2.62. The van der Waals surface area contributed by atoms with Gasteiger partial charge in [-0.1, -0.05) is 6.92 Å². The Hall–Kier alpha value is -1.36. The van der Waals surface area contributed by atoms with Crippen LogP contribution < -0.4 is 16.6 Å². The molecular formula is C14H25N5. The number of hydrogen-bond acceptors (Lipinski definition) is 5. The van der Waals surface area contributed by atoms with Gasteiger partial charge in [0.1, 0.15) is 17.5 Å². The van der Waals surface area contributed by atoms with Gasteiger partial charge in [0.15, 0.2) is 0 Å². The molecule has 1 heterocycles. The van der Waals surface area contributed by atoms with Gasteiger partial charge in [-0.15, -0.1) is 0 Å². The van der Waals surface area contributed by atoms with E-state index in [-0.39, 0.29) is 5.54 Å². The first kappa shape index (κ1) is 14.1. The van der Waals surface area contributed by atoms with Crippen molar-refractivity contribution in [3.05, 3.63) is 11.4 Å². The lowest BCUT2D eigenvalue weighted by Gasteiger charge is -2.28. The lowest BCUT2D eigenvalue weighted by Crippen LogP contribution is -2.34. The van der Waals surface area contributed by atoms with E-state index in [0.717, 1.165) is 36.0 Å². The molecule has 0 saturated heterocycles. The van der Waals surface area contributed by atoms with Gasteiger partial charge in [0.05, 0.1) is 0 Å². The van der Waals surface area contributed by atoms with Gasteiger partial charge < -0.3 is 10.7 Å². The monoisotopic (exact) mass is 263 g/mol. The van der Waals surface area contributed by atoms with Crippen LogP contribution in [-0.2, 0) is 6.42 Å². The van der Waals surface area contributed by atoms with Gasteiger partial charge in [-0.25, -0.2) is 15.8 Å². The summed E-state index contributed by atoms with van der Waals surface area (Å²) < 4.78 is 0. The van der Waals surface area contributed by atoms with E-state index < -0.39 is 0 Å². The molecule has 0 unspecified atom stereocenters. The fourth-order valence-corrected chi connectivity index (χ4v) is 2.37. The lowest BCUT2D eigenvalue weighted by molar-refractivity contribution is 0.491. The van der Waals surface area contributed by atoms with Gasteiger partial charge >= 0.3 is 0 Å². The summed E-state index contributed by atoms with van der Waals surface area (Å²) in [7, 11) is 0. The second kappa shape index (κ2) is 5.33. The molecule has 1 saturated carbocycles. The Labute approximate surface area is 115 Å². The van der Waals surface area contributed by atoms with Crippen LogP contribution in [0.1, 0.15) is 51.4 Å². The lowest BCUT2D eigenvalue weighted by atomic mass is 9.98. The predicted molar refractivity (Wildman–Crippen MR) is 79.0 cm³/mol. The Morgan fingerprint density at radius 2 is 1.89 bits per heavy atom. The summed E-state index contributed by atoms with van der Waals surface area (Å²) >= 11 is 0. The van der Waals surface area contributed by atoms with Crippen LogP contribution in [0.4, 0.5) is 11.6 Å². The average molecular weight is 263 g/mol. The van der Waals surface area contributed by atoms with Crippen LogP contribution in [0.15, 0.2) is 0 Å². The van der Waals surface area contributed by atoms with Crippen molar-refractivity contribution in [3.8, 4) is 0 Å². The summed E-state index contributed by atoms with van der Waals surface area (Å²) in [6, 6.07) is 0. The van der Waals surface area contributed by atoms with Crippen molar-refractivity contribution in [3.63, 3.8) is 0 Å². The number of rotatable bonds is 6. The summed E-state index contributed by atoms with van der Waals surface area (Å²) in [5, 5.41) is 3.58. The first-order valence-corrected chi connectivity index (χ1v) is 7.10. The van der Waals surface area contributed by atoms with Crippen molar-refractivity contribution in [2.45, 2.75) is 58.9 Å². The first-order valence-electron chi connectivity index (χ1n) is 7.10. The number of hydrogen-bond donors (Lipinski definition) is 3. The Kier molecular flexibility index (Phi) is 3.94. The highest BCUT2D eigenvalue weighted by molar-refractivity contribution is 5.57. The largest absolute Gasteiger partial charge is 0.365 e. The van der Waals surface area contributed by atoms with Crippen LogP contribution in [0.2, 0.25) is 0 Å². The number of aromatic nitrogens is 2. The van der Waals surface area contributed by atoms with Crippen LogP contribution in [0, 0.1) is 12.8 Å². The number of nitrogen functional groups attached to an aromatic ring is 1. The SMILES string of the molecule is CCCc1nc(NN)c(C)c(NC(C)(C)C2CC2)n1. The Morgan fingerprint density at radius 3 is 2.42 bits per heavy atom. The molecule has 1 aromatic heterocycles. The fourth-order valence-electron chi connectivity index (χ4n) is 2.37. The van der Waals surface area contributed by atoms with E-state index in [1.54, 1.807) is 0 Å². The Morgan fingerprint density at radius 1 is 1.26 bits per heavy atom. The summed E-state index contributed by atoms with van der Waals surface area (Å²) in [6.45, 7) is 8.60. The van der Waals surface area contributed by atoms with Crippen LogP contribution in [-0.4, -0.2) is 15.5 Å². The summed E-state index contributed by atoms with van der Waals surface area (Å²) in [6.07, 6.45) is 4.49. The smallest absolute Gasteiger partial charge is 0.148 e. The number of nitrogens with zero attached hydrogens (tertiary/aromatic N) is 2. The number of anilines is 2. The zero-order valence-corrected chi connectivity index (χ0v) is 12.4. The molecule has 1 aliphatic rings. The van der Waals surface area contributed by atoms with E-state index in [1.165, 1.54) is 12.8 Å². The van der Waals surface area contributed by atoms with Crippen molar-refractivity contribution in [2.24, 2.45) is 11.8 Å². The van der Waals surface area contributed by atoms with Gasteiger partial charge in [-0.2, -0.15) is 0 Å². The normalized spacial score (nSPS) is 15.4. The summed E-state index contributed by atoms with van der Waals surface area (Å²) in [4.78, 5) is 9.09. The molecular weight excluding hydrogens is 238 g/mol. The zero-order chi connectivity index (χ0) is 14.0. The van der Waals surface area contributed by atoms with E-state index in [0.29, 0.717) is 5.82 Å². The maximum Gasteiger partial charge on any atom is 0.148 e. The van der Waals surface area contributed by atoms with E-state index in [1.807, 2.05) is 6.92 Å². The molecule has 0 bridgehead atoms. The minimum Gasteiger partial charge on any atom is -0.365 e. The molecule has 1 aliphatic carbocycles. The van der Waals surface area contributed by atoms with Gasteiger partial charge in [-0.05, 0) is 46.0 Å². The van der Waals surface area contributed by atoms with Crippen LogP contribution in [0.25, 0.3) is 0 Å². The molecule has 0 aromatic carbocycles. The number of hydrazine groups is 1. The van der Waals surface area contributed by atoms with Crippen molar-refractivity contribution in [1.29, 1.82) is 0 Å². The minimum atomic E-state index is 0.0778. The maximum atomic E-state index is 5.55. The van der Waals surface area contributed by atoms with Crippen LogP contribution in [0.3, 0.4) is 0 Å². The van der Waals surface area contributed by atoms with Crippen molar-refractivity contribution in [1.82, 2.24) is 9.97 Å². The van der Waals surface area contributed by atoms with Crippen molar-refractivity contribution < 1.29 is 0 Å². The molecule has 19 heavy (non-hydrogen) atoms. The molecule has 2 rings (SSSR count). The molecule has 5 heteroatoms. The number of nitrogens with one attached hydrogen (secondary N) is 2. The highest BCUT2D eigenvalue weighted by Crippen LogP contribution is 2.41. The van der Waals surface area contributed by atoms with Gasteiger partial charge in [0.25, 0.3) is 0 Å². The first-order chi connectivity index (χ1) is 8.97. The second-order valence-electron chi connectivity index (χ2n) is 5.98. The molecule has 0 amide bonds. The quantitative estimate of drug-likeness (QED) is 0.543. The molecule has 5 nitrogen and oxygen atoms in total. The van der Waals surface area contributed by atoms with E-state index in [9.17, 15) is 0 Å².